The molecule has 1 amide bonds. The Hall–Kier alpha value is -2.33. The first-order valence-electron chi connectivity index (χ1n) is 9.33. The second-order valence-electron chi connectivity index (χ2n) is 7.76. The minimum absolute atomic E-state index is 0.241. The van der Waals surface area contributed by atoms with E-state index in [1.165, 1.54) is 5.56 Å². The van der Waals surface area contributed by atoms with Crippen molar-refractivity contribution in [2.45, 2.75) is 31.5 Å². The first-order valence-corrected chi connectivity index (χ1v) is 9.33. The second kappa shape index (κ2) is 7.12. The summed E-state index contributed by atoms with van der Waals surface area (Å²) < 4.78 is 5.45. The molecular weight excluding hydrogens is 326 g/mol. The molecule has 3 atom stereocenters. The number of nitrogens with zero attached hydrogens (tertiary/aromatic N) is 1. The van der Waals surface area contributed by atoms with Crippen LogP contribution in [0.4, 0.5) is 4.79 Å². The maximum Gasteiger partial charge on any atom is 0.410 e. The molecule has 1 unspecified atom stereocenters. The molecule has 1 N–H and O–H groups in total. The van der Waals surface area contributed by atoms with Crippen molar-refractivity contribution in [1.29, 1.82) is 0 Å². The van der Waals surface area contributed by atoms with E-state index in [9.17, 15) is 9.90 Å². The Kier molecular flexibility index (Phi) is 4.68. The Morgan fingerprint density at radius 1 is 0.962 bits per heavy atom. The summed E-state index contributed by atoms with van der Waals surface area (Å²) in [5.41, 5.74) is 1.53. The molecular formula is C22H25NO3. The van der Waals surface area contributed by atoms with Crippen LogP contribution in [-0.2, 0) is 17.8 Å². The Morgan fingerprint density at radius 2 is 1.50 bits per heavy atom. The van der Waals surface area contributed by atoms with Gasteiger partial charge in [0, 0.05) is 19.5 Å². The van der Waals surface area contributed by atoms with Gasteiger partial charge in [0.2, 0.25) is 0 Å². The minimum Gasteiger partial charge on any atom is -0.445 e. The van der Waals surface area contributed by atoms with E-state index in [2.05, 4.69) is 12.1 Å². The lowest BCUT2D eigenvalue weighted by Crippen LogP contribution is -2.34. The van der Waals surface area contributed by atoms with Crippen LogP contribution in [0.1, 0.15) is 24.0 Å². The van der Waals surface area contributed by atoms with Crippen molar-refractivity contribution >= 4 is 6.09 Å². The first kappa shape index (κ1) is 17.1. The lowest BCUT2D eigenvalue weighted by atomic mass is 9.91. The predicted octanol–water partition coefficient (Wildman–Crippen LogP) is 3.64. The molecule has 2 aromatic carbocycles. The van der Waals surface area contributed by atoms with Crippen molar-refractivity contribution in [2.24, 2.45) is 11.8 Å². The van der Waals surface area contributed by atoms with Crippen molar-refractivity contribution in [3.05, 3.63) is 71.8 Å². The maximum atomic E-state index is 12.3. The van der Waals surface area contributed by atoms with Gasteiger partial charge in [-0.2, -0.15) is 0 Å². The summed E-state index contributed by atoms with van der Waals surface area (Å²) >= 11 is 0. The maximum absolute atomic E-state index is 12.3. The van der Waals surface area contributed by atoms with Crippen LogP contribution in [0.15, 0.2) is 60.7 Å². The monoisotopic (exact) mass is 351 g/mol. The zero-order valence-corrected chi connectivity index (χ0v) is 14.9. The number of carbonyl (C=O) groups is 1. The summed E-state index contributed by atoms with van der Waals surface area (Å²) in [4.78, 5) is 14.1. The number of likely N-dealkylation sites (tertiary alicyclic amines) is 1. The highest BCUT2D eigenvalue weighted by Crippen LogP contribution is 2.45. The number of benzene rings is 2. The third kappa shape index (κ3) is 3.75. The van der Waals surface area contributed by atoms with E-state index >= 15 is 0 Å². The van der Waals surface area contributed by atoms with Gasteiger partial charge in [-0.15, -0.1) is 0 Å². The number of amides is 1. The van der Waals surface area contributed by atoms with Gasteiger partial charge in [0.05, 0.1) is 5.60 Å². The van der Waals surface area contributed by atoms with Gasteiger partial charge >= 0.3 is 6.09 Å². The number of rotatable bonds is 4. The fourth-order valence-electron chi connectivity index (χ4n) is 4.54. The van der Waals surface area contributed by atoms with Gasteiger partial charge in [-0.3, -0.25) is 0 Å². The standard InChI is InChI=1S/C22H25NO3/c24-21(26-16-18-9-5-2-6-10-18)23-14-19-12-22(25,13-20(19)15-23)11-17-7-3-1-4-8-17/h1-10,19-20,25H,11-16H2/t19-,20+,22?. The van der Waals surface area contributed by atoms with Crippen LogP contribution in [0.25, 0.3) is 0 Å². The Balaban J connectivity index is 1.30. The van der Waals surface area contributed by atoms with Gasteiger partial charge in [0.25, 0.3) is 0 Å². The molecule has 1 aliphatic carbocycles. The molecule has 1 aliphatic heterocycles. The largest absolute Gasteiger partial charge is 0.445 e. The normalized spacial score (nSPS) is 27.3. The fourth-order valence-corrected chi connectivity index (χ4v) is 4.54. The molecule has 4 heteroatoms. The smallest absolute Gasteiger partial charge is 0.410 e. The van der Waals surface area contributed by atoms with Gasteiger partial charge in [-0.25, -0.2) is 4.79 Å². The zero-order chi connectivity index (χ0) is 18.0. The lowest BCUT2D eigenvalue weighted by Gasteiger charge is -2.26. The van der Waals surface area contributed by atoms with E-state index in [1.807, 2.05) is 48.5 Å². The molecule has 2 fully saturated rings. The van der Waals surface area contributed by atoms with Crippen molar-refractivity contribution in [1.82, 2.24) is 4.90 Å². The van der Waals surface area contributed by atoms with Crippen molar-refractivity contribution in [3.63, 3.8) is 0 Å². The van der Waals surface area contributed by atoms with Crippen LogP contribution in [0.5, 0.6) is 0 Å². The highest BCUT2D eigenvalue weighted by Gasteiger charge is 2.49. The quantitative estimate of drug-likeness (QED) is 0.915. The van der Waals surface area contributed by atoms with Gasteiger partial charge in [0.1, 0.15) is 6.61 Å². The SMILES string of the molecule is O=C(OCc1ccccc1)N1C[C@@H]2CC(O)(Cc3ccccc3)C[C@@H]2C1. The van der Waals surface area contributed by atoms with Gasteiger partial charge in [0.15, 0.2) is 0 Å². The molecule has 0 spiro atoms. The third-order valence-electron chi connectivity index (χ3n) is 5.70. The number of carbonyl (C=O) groups excluding carboxylic acids is 1. The molecule has 136 valence electrons. The highest BCUT2D eigenvalue weighted by atomic mass is 16.6. The number of hydrogen-bond acceptors (Lipinski definition) is 3. The summed E-state index contributed by atoms with van der Waals surface area (Å²) in [7, 11) is 0. The molecule has 0 bridgehead atoms. The number of fused-ring (bicyclic) bond motifs is 1. The van der Waals surface area contributed by atoms with E-state index < -0.39 is 5.60 Å². The number of aliphatic hydroxyl groups is 1. The third-order valence-corrected chi connectivity index (χ3v) is 5.70. The highest BCUT2D eigenvalue weighted by molar-refractivity contribution is 5.68. The van der Waals surface area contributed by atoms with E-state index in [4.69, 9.17) is 4.74 Å². The molecule has 4 nitrogen and oxygen atoms in total. The van der Waals surface area contributed by atoms with Crippen LogP contribution in [-0.4, -0.2) is 34.8 Å². The molecule has 2 aromatic rings. The van der Waals surface area contributed by atoms with Crippen LogP contribution in [0, 0.1) is 11.8 Å². The summed E-state index contributed by atoms with van der Waals surface area (Å²) in [6.07, 6.45) is 1.97. The number of hydrogen-bond donors (Lipinski definition) is 1. The van der Waals surface area contributed by atoms with E-state index in [1.54, 1.807) is 4.90 Å². The van der Waals surface area contributed by atoms with Crippen LogP contribution in [0.2, 0.25) is 0 Å². The van der Waals surface area contributed by atoms with Crippen LogP contribution >= 0.6 is 0 Å². The average Bonchev–Trinajstić information content (AvgIpc) is 3.16. The molecule has 0 radical (unpaired) electrons. The van der Waals surface area contributed by atoms with E-state index in [-0.39, 0.29) is 6.09 Å². The van der Waals surface area contributed by atoms with Gasteiger partial charge in [-0.05, 0) is 35.8 Å². The molecule has 1 heterocycles. The molecule has 2 aliphatic rings. The van der Waals surface area contributed by atoms with E-state index in [0.29, 0.717) is 38.0 Å². The summed E-state index contributed by atoms with van der Waals surface area (Å²) in [6.45, 7) is 1.69. The first-order chi connectivity index (χ1) is 12.6. The van der Waals surface area contributed by atoms with Crippen molar-refractivity contribution in [2.75, 3.05) is 13.1 Å². The molecule has 0 aromatic heterocycles. The molecule has 1 saturated heterocycles. The Bertz CT molecular complexity index is 732. The summed E-state index contributed by atoms with van der Waals surface area (Å²) in [5.74, 6) is 0.737. The second-order valence-corrected chi connectivity index (χ2v) is 7.76. The predicted molar refractivity (Wildman–Crippen MR) is 99.5 cm³/mol. The summed E-state index contributed by atoms with van der Waals surface area (Å²) in [5, 5.41) is 11.0. The fraction of sp³-hybridized carbons (Fsp3) is 0.409. The van der Waals surface area contributed by atoms with Crippen LogP contribution < -0.4 is 0 Å². The minimum atomic E-state index is -0.642. The average molecular weight is 351 g/mol. The van der Waals surface area contributed by atoms with Gasteiger partial charge < -0.3 is 14.7 Å². The number of ether oxygens (including phenoxy) is 1. The van der Waals surface area contributed by atoms with E-state index in [0.717, 1.165) is 18.4 Å². The van der Waals surface area contributed by atoms with Crippen molar-refractivity contribution < 1.29 is 14.6 Å². The Labute approximate surface area is 154 Å². The molecule has 1 saturated carbocycles. The summed E-state index contributed by atoms with van der Waals surface area (Å²) in [6, 6.07) is 19.9. The van der Waals surface area contributed by atoms with Crippen LogP contribution in [0.3, 0.4) is 0 Å². The lowest BCUT2D eigenvalue weighted by molar-refractivity contribution is 0.0337. The topological polar surface area (TPSA) is 49.8 Å². The molecule has 26 heavy (non-hydrogen) atoms. The van der Waals surface area contributed by atoms with Gasteiger partial charge in [-0.1, -0.05) is 60.7 Å². The van der Waals surface area contributed by atoms with Crippen molar-refractivity contribution in [3.8, 4) is 0 Å². The molecule has 4 rings (SSSR count). The Morgan fingerprint density at radius 3 is 2.08 bits per heavy atom. The zero-order valence-electron chi connectivity index (χ0n) is 14.9.